The van der Waals surface area contributed by atoms with E-state index < -0.39 is 0 Å². The van der Waals surface area contributed by atoms with E-state index in [2.05, 4.69) is 19.1 Å². The highest BCUT2D eigenvalue weighted by Crippen LogP contribution is 2.12. The second-order valence-electron chi connectivity index (χ2n) is 2.95. The molecule has 0 saturated carbocycles. The Labute approximate surface area is 80.9 Å². The summed E-state index contributed by atoms with van der Waals surface area (Å²) in [6.45, 7) is 6.83. The largest absolute Gasteiger partial charge is 0.399 e. The summed E-state index contributed by atoms with van der Waals surface area (Å²) in [5.74, 6) is 0. The van der Waals surface area contributed by atoms with Crippen molar-refractivity contribution in [3.8, 4) is 0 Å². The van der Waals surface area contributed by atoms with Gasteiger partial charge in [0.05, 0.1) is 0 Å². The number of hydrogen-bond acceptors (Lipinski definition) is 2. The number of hydrogen-bond donors (Lipinski definition) is 2. The summed E-state index contributed by atoms with van der Waals surface area (Å²) in [6, 6.07) is 6.17. The van der Waals surface area contributed by atoms with Gasteiger partial charge < -0.3 is 11.5 Å². The van der Waals surface area contributed by atoms with Crippen LogP contribution in [0.1, 0.15) is 25.0 Å². The fourth-order valence-electron chi connectivity index (χ4n) is 0.958. The molecule has 0 aromatic heterocycles. The molecule has 0 unspecified atom stereocenters. The lowest BCUT2D eigenvalue weighted by atomic mass is 10.1. The van der Waals surface area contributed by atoms with Crippen molar-refractivity contribution >= 4 is 5.69 Å². The van der Waals surface area contributed by atoms with E-state index >= 15 is 0 Å². The first-order valence-electron chi connectivity index (χ1n) is 4.70. The van der Waals surface area contributed by atoms with Gasteiger partial charge in [-0.2, -0.15) is 0 Å². The van der Waals surface area contributed by atoms with Crippen molar-refractivity contribution in [2.24, 2.45) is 5.73 Å². The topological polar surface area (TPSA) is 52.0 Å². The molecule has 13 heavy (non-hydrogen) atoms. The minimum atomic E-state index is 0.750. The maximum atomic E-state index is 5.64. The molecule has 0 bridgehead atoms. The molecule has 0 aliphatic heterocycles. The molecule has 0 aliphatic carbocycles. The number of anilines is 1. The van der Waals surface area contributed by atoms with E-state index in [0.29, 0.717) is 0 Å². The predicted molar refractivity (Wildman–Crippen MR) is 59.7 cm³/mol. The Balaban J connectivity index is 0.000000424. The SMILES string of the molecule is CCN.CCc1ccc(N)c(C)c1. The van der Waals surface area contributed by atoms with Gasteiger partial charge in [0.1, 0.15) is 0 Å². The molecule has 4 N–H and O–H groups in total. The second kappa shape index (κ2) is 6.49. The number of aryl methyl sites for hydroxylation is 2. The third-order valence-electron chi connectivity index (χ3n) is 1.74. The van der Waals surface area contributed by atoms with Crippen molar-refractivity contribution in [3.05, 3.63) is 29.3 Å². The molecule has 0 fully saturated rings. The molecule has 0 aliphatic rings. The van der Waals surface area contributed by atoms with Crippen molar-refractivity contribution < 1.29 is 0 Å². The van der Waals surface area contributed by atoms with Gasteiger partial charge in [-0.25, -0.2) is 0 Å². The van der Waals surface area contributed by atoms with E-state index in [4.69, 9.17) is 11.5 Å². The van der Waals surface area contributed by atoms with Crippen LogP contribution in [0, 0.1) is 6.92 Å². The lowest BCUT2D eigenvalue weighted by Gasteiger charge is -2.01. The zero-order chi connectivity index (χ0) is 10.3. The summed E-state index contributed by atoms with van der Waals surface area (Å²) in [5, 5.41) is 0. The van der Waals surface area contributed by atoms with Crippen LogP contribution in [-0.2, 0) is 6.42 Å². The lowest BCUT2D eigenvalue weighted by Crippen LogP contribution is -1.90. The van der Waals surface area contributed by atoms with Crippen LogP contribution in [0.15, 0.2) is 18.2 Å². The van der Waals surface area contributed by atoms with E-state index in [1.165, 1.54) is 11.1 Å². The fourth-order valence-corrected chi connectivity index (χ4v) is 0.958. The maximum absolute atomic E-state index is 5.64. The lowest BCUT2D eigenvalue weighted by molar-refractivity contribution is 1.13. The Morgan fingerprint density at radius 2 is 1.77 bits per heavy atom. The average Bonchev–Trinajstić information content (AvgIpc) is 2.11. The van der Waals surface area contributed by atoms with Crippen molar-refractivity contribution in [1.29, 1.82) is 0 Å². The van der Waals surface area contributed by atoms with Crippen LogP contribution in [0.2, 0.25) is 0 Å². The molecule has 0 heterocycles. The van der Waals surface area contributed by atoms with Gasteiger partial charge in [0, 0.05) is 5.69 Å². The van der Waals surface area contributed by atoms with Crippen molar-refractivity contribution in [1.82, 2.24) is 0 Å². The quantitative estimate of drug-likeness (QED) is 0.650. The molecule has 1 rings (SSSR count). The summed E-state index contributed by atoms with van der Waals surface area (Å²) in [5.41, 5.74) is 13.9. The van der Waals surface area contributed by atoms with Gasteiger partial charge in [0.15, 0.2) is 0 Å². The van der Waals surface area contributed by atoms with Gasteiger partial charge >= 0.3 is 0 Å². The summed E-state index contributed by atoms with van der Waals surface area (Å²) in [6.07, 6.45) is 1.08. The number of rotatable bonds is 1. The zero-order valence-corrected chi connectivity index (χ0v) is 8.80. The monoisotopic (exact) mass is 180 g/mol. The highest BCUT2D eigenvalue weighted by atomic mass is 14.5. The molecule has 1 aromatic rings. The summed E-state index contributed by atoms with van der Waals surface area (Å²) in [4.78, 5) is 0. The standard InChI is InChI=1S/C9H13N.C2H7N/c1-3-8-4-5-9(10)7(2)6-8;1-2-3/h4-6H,3,10H2,1-2H3;2-3H2,1H3. The number of nitrogen functional groups attached to an aromatic ring is 1. The van der Waals surface area contributed by atoms with Crippen LogP contribution in [0.5, 0.6) is 0 Å². The Morgan fingerprint density at radius 1 is 1.23 bits per heavy atom. The first kappa shape index (κ1) is 12.0. The van der Waals surface area contributed by atoms with E-state index in [1.807, 2.05) is 19.9 Å². The summed E-state index contributed by atoms with van der Waals surface area (Å²) >= 11 is 0. The molecule has 74 valence electrons. The molecule has 2 nitrogen and oxygen atoms in total. The van der Waals surface area contributed by atoms with E-state index in [9.17, 15) is 0 Å². The third kappa shape index (κ3) is 4.53. The van der Waals surface area contributed by atoms with Crippen LogP contribution in [0.4, 0.5) is 5.69 Å². The van der Waals surface area contributed by atoms with Crippen LogP contribution in [0.25, 0.3) is 0 Å². The highest BCUT2D eigenvalue weighted by Gasteiger charge is 1.92. The molecular weight excluding hydrogens is 160 g/mol. The van der Waals surface area contributed by atoms with Crippen molar-refractivity contribution in [2.75, 3.05) is 12.3 Å². The van der Waals surface area contributed by atoms with Crippen LogP contribution in [-0.4, -0.2) is 6.54 Å². The highest BCUT2D eigenvalue weighted by molar-refractivity contribution is 5.47. The molecule has 0 amide bonds. The fraction of sp³-hybridized carbons (Fsp3) is 0.455. The average molecular weight is 180 g/mol. The van der Waals surface area contributed by atoms with E-state index in [1.54, 1.807) is 0 Å². The smallest absolute Gasteiger partial charge is 0.0343 e. The zero-order valence-electron chi connectivity index (χ0n) is 8.80. The van der Waals surface area contributed by atoms with Gasteiger partial charge in [-0.05, 0) is 37.1 Å². The third-order valence-corrected chi connectivity index (χ3v) is 1.74. The minimum Gasteiger partial charge on any atom is -0.399 e. The Hall–Kier alpha value is -1.02. The van der Waals surface area contributed by atoms with E-state index in [-0.39, 0.29) is 0 Å². The van der Waals surface area contributed by atoms with Crippen LogP contribution >= 0.6 is 0 Å². The van der Waals surface area contributed by atoms with Crippen molar-refractivity contribution in [3.63, 3.8) is 0 Å². The van der Waals surface area contributed by atoms with Gasteiger partial charge in [0.25, 0.3) is 0 Å². The number of benzene rings is 1. The van der Waals surface area contributed by atoms with Gasteiger partial charge in [-0.15, -0.1) is 0 Å². The molecule has 2 heteroatoms. The molecule has 0 spiro atoms. The first-order valence-corrected chi connectivity index (χ1v) is 4.70. The molecule has 0 radical (unpaired) electrons. The van der Waals surface area contributed by atoms with Crippen LogP contribution < -0.4 is 11.5 Å². The van der Waals surface area contributed by atoms with Gasteiger partial charge in [-0.1, -0.05) is 26.0 Å². The molecule has 0 atom stereocenters. The molecule has 1 aromatic carbocycles. The van der Waals surface area contributed by atoms with Crippen LogP contribution in [0.3, 0.4) is 0 Å². The maximum Gasteiger partial charge on any atom is 0.0343 e. The first-order chi connectivity index (χ1) is 6.15. The summed E-state index contributed by atoms with van der Waals surface area (Å²) in [7, 11) is 0. The predicted octanol–water partition coefficient (Wildman–Crippen LogP) is 2.10. The Bertz CT molecular complexity index is 244. The Morgan fingerprint density at radius 3 is 2.15 bits per heavy atom. The summed E-state index contributed by atoms with van der Waals surface area (Å²) < 4.78 is 0. The molecule has 0 saturated heterocycles. The second-order valence-corrected chi connectivity index (χ2v) is 2.95. The minimum absolute atomic E-state index is 0.750. The number of nitrogens with two attached hydrogens (primary N) is 2. The normalized spacial score (nSPS) is 8.92. The van der Waals surface area contributed by atoms with E-state index in [0.717, 1.165) is 18.7 Å². The van der Waals surface area contributed by atoms with Crippen molar-refractivity contribution in [2.45, 2.75) is 27.2 Å². The van der Waals surface area contributed by atoms with Gasteiger partial charge in [0.2, 0.25) is 0 Å². The van der Waals surface area contributed by atoms with Gasteiger partial charge in [-0.3, -0.25) is 0 Å². The molecular formula is C11H20N2. The Kier molecular flexibility index (Phi) is 5.98.